The predicted octanol–water partition coefficient (Wildman–Crippen LogP) is 3.31. The molecule has 1 aromatic carbocycles. The van der Waals surface area contributed by atoms with Crippen LogP contribution in [0.15, 0.2) is 12.1 Å². The van der Waals surface area contributed by atoms with Crippen LogP contribution in [0.5, 0.6) is 5.75 Å². The molecule has 0 aliphatic heterocycles. The Balaban J connectivity index is 3.09. The van der Waals surface area contributed by atoms with Crippen molar-refractivity contribution in [3.05, 3.63) is 28.3 Å². The Kier molecular flexibility index (Phi) is 4.04. The molecule has 0 saturated heterocycles. The molecule has 3 nitrogen and oxygen atoms in total. The van der Waals surface area contributed by atoms with E-state index < -0.39 is 11.4 Å². The molecule has 0 spiro atoms. The van der Waals surface area contributed by atoms with Gasteiger partial charge in [0.05, 0.1) is 12.5 Å². The molecule has 4 heteroatoms. The number of benzene rings is 1. The Morgan fingerprint density at radius 2 is 2.06 bits per heavy atom. The fraction of sp³-hybridized carbons (Fsp3) is 0.462. The lowest BCUT2D eigenvalue weighted by molar-refractivity contribution is -0.146. The molecule has 1 aromatic rings. The second-order valence-electron chi connectivity index (χ2n) is 4.77. The zero-order valence-corrected chi connectivity index (χ0v) is 11.3. The molecule has 0 amide bonds. The molecular weight excluding hydrogens is 240 g/mol. The van der Waals surface area contributed by atoms with Crippen molar-refractivity contribution in [3.63, 3.8) is 0 Å². The van der Waals surface area contributed by atoms with Gasteiger partial charge in [-0.25, -0.2) is 0 Å². The highest BCUT2D eigenvalue weighted by atomic mass is 35.5. The third kappa shape index (κ3) is 3.13. The van der Waals surface area contributed by atoms with Crippen LogP contribution >= 0.6 is 11.6 Å². The first-order valence-corrected chi connectivity index (χ1v) is 5.72. The molecule has 0 radical (unpaired) electrons. The van der Waals surface area contributed by atoms with Crippen molar-refractivity contribution in [2.24, 2.45) is 5.41 Å². The SMILES string of the molecule is COc1cc(CC(C)(C)C(=O)O)cc(Cl)c1C. The quantitative estimate of drug-likeness (QED) is 0.899. The van der Waals surface area contributed by atoms with Gasteiger partial charge in [0, 0.05) is 10.6 Å². The van der Waals surface area contributed by atoms with Gasteiger partial charge in [-0.15, -0.1) is 0 Å². The summed E-state index contributed by atoms with van der Waals surface area (Å²) in [6.07, 6.45) is 0.415. The van der Waals surface area contributed by atoms with Crippen LogP contribution in [0.1, 0.15) is 25.0 Å². The zero-order valence-electron chi connectivity index (χ0n) is 10.5. The number of hydrogen-bond acceptors (Lipinski definition) is 2. The highest BCUT2D eigenvalue weighted by Gasteiger charge is 2.27. The summed E-state index contributed by atoms with van der Waals surface area (Å²) >= 11 is 6.08. The number of carbonyl (C=O) groups is 1. The van der Waals surface area contributed by atoms with E-state index in [9.17, 15) is 4.79 Å². The Hall–Kier alpha value is -1.22. The number of methoxy groups -OCH3 is 1. The maximum Gasteiger partial charge on any atom is 0.309 e. The minimum absolute atomic E-state index is 0.415. The minimum Gasteiger partial charge on any atom is -0.496 e. The Labute approximate surface area is 106 Å². The first kappa shape index (κ1) is 13.8. The van der Waals surface area contributed by atoms with Crippen LogP contribution < -0.4 is 4.74 Å². The van der Waals surface area contributed by atoms with E-state index >= 15 is 0 Å². The standard InChI is InChI=1S/C13H17ClO3/c1-8-10(14)5-9(6-11(8)17-4)7-13(2,3)12(15)16/h5-6H,7H2,1-4H3,(H,15,16). The zero-order chi connectivity index (χ0) is 13.2. The summed E-state index contributed by atoms with van der Waals surface area (Å²) in [6.45, 7) is 5.25. The molecule has 0 atom stereocenters. The van der Waals surface area contributed by atoms with Crippen LogP contribution in [-0.4, -0.2) is 18.2 Å². The molecule has 1 rings (SSSR count). The molecule has 0 heterocycles. The van der Waals surface area contributed by atoms with Gasteiger partial charge < -0.3 is 9.84 Å². The van der Waals surface area contributed by atoms with E-state index in [1.54, 1.807) is 27.0 Å². The molecule has 0 aromatic heterocycles. The maximum atomic E-state index is 11.1. The summed E-state index contributed by atoms with van der Waals surface area (Å²) < 4.78 is 5.21. The number of carboxylic acids is 1. The normalized spacial score (nSPS) is 11.4. The van der Waals surface area contributed by atoms with E-state index in [-0.39, 0.29) is 0 Å². The Morgan fingerprint density at radius 1 is 1.47 bits per heavy atom. The first-order chi connectivity index (χ1) is 7.77. The summed E-state index contributed by atoms with van der Waals surface area (Å²) in [6, 6.07) is 3.63. The van der Waals surface area contributed by atoms with Gasteiger partial charge in [-0.2, -0.15) is 0 Å². The molecule has 17 heavy (non-hydrogen) atoms. The van der Waals surface area contributed by atoms with E-state index in [0.29, 0.717) is 17.2 Å². The van der Waals surface area contributed by atoms with Gasteiger partial charge in [0.1, 0.15) is 5.75 Å². The highest BCUT2D eigenvalue weighted by Crippen LogP contribution is 2.31. The van der Waals surface area contributed by atoms with E-state index in [0.717, 1.165) is 11.1 Å². The van der Waals surface area contributed by atoms with Gasteiger partial charge in [-0.3, -0.25) is 4.79 Å². The van der Waals surface area contributed by atoms with Crippen molar-refractivity contribution in [2.75, 3.05) is 7.11 Å². The molecule has 0 aliphatic carbocycles. The third-order valence-electron chi connectivity index (χ3n) is 2.80. The number of halogens is 1. The number of hydrogen-bond donors (Lipinski definition) is 1. The van der Waals surface area contributed by atoms with Gasteiger partial charge in [0.2, 0.25) is 0 Å². The van der Waals surface area contributed by atoms with Crippen molar-refractivity contribution in [1.82, 2.24) is 0 Å². The van der Waals surface area contributed by atoms with Gasteiger partial charge >= 0.3 is 5.97 Å². The second-order valence-corrected chi connectivity index (χ2v) is 5.18. The first-order valence-electron chi connectivity index (χ1n) is 5.34. The highest BCUT2D eigenvalue weighted by molar-refractivity contribution is 6.31. The van der Waals surface area contributed by atoms with Crippen LogP contribution in [0.2, 0.25) is 5.02 Å². The van der Waals surface area contributed by atoms with Crippen molar-refractivity contribution >= 4 is 17.6 Å². The van der Waals surface area contributed by atoms with E-state index in [2.05, 4.69) is 0 Å². The number of rotatable bonds is 4. The third-order valence-corrected chi connectivity index (χ3v) is 3.19. The van der Waals surface area contributed by atoms with Gasteiger partial charge in [-0.05, 0) is 44.9 Å². The van der Waals surface area contributed by atoms with Crippen LogP contribution in [0.25, 0.3) is 0 Å². The van der Waals surface area contributed by atoms with Gasteiger partial charge in [0.25, 0.3) is 0 Å². The van der Waals surface area contributed by atoms with Crippen molar-refractivity contribution in [1.29, 1.82) is 0 Å². The van der Waals surface area contributed by atoms with E-state index in [4.69, 9.17) is 21.4 Å². The molecule has 1 N–H and O–H groups in total. The molecule has 0 saturated carbocycles. The Bertz CT molecular complexity index is 439. The Morgan fingerprint density at radius 3 is 2.53 bits per heavy atom. The number of aliphatic carboxylic acids is 1. The lowest BCUT2D eigenvalue weighted by atomic mass is 9.85. The topological polar surface area (TPSA) is 46.5 Å². The van der Waals surface area contributed by atoms with Crippen LogP contribution in [-0.2, 0) is 11.2 Å². The van der Waals surface area contributed by atoms with Crippen LogP contribution in [0.3, 0.4) is 0 Å². The molecule has 94 valence electrons. The van der Waals surface area contributed by atoms with E-state index in [1.807, 2.05) is 13.0 Å². The second kappa shape index (κ2) is 4.96. The smallest absolute Gasteiger partial charge is 0.309 e. The lowest BCUT2D eigenvalue weighted by Crippen LogP contribution is -2.26. The molecule has 0 fully saturated rings. The van der Waals surface area contributed by atoms with Crippen molar-refractivity contribution in [3.8, 4) is 5.75 Å². The minimum atomic E-state index is -0.826. The molecule has 0 unspecified atom stereocenters. The summed E-state index contributed by atoms with van der Waals surface area (Å²) in [5.74, 6) is -0.137. The van der Waals surface area contributed by atoms with Gasteiger partial charge in [0.15, 0.2) is 0 Å². The molecule has 0 bridgehead atoms. The van der Waals surface area contributed by atoms with E-state index in [1.165, 1.54) is 0 Å². The molecule has 0 aliphatic rings. The summed E-state index contributed by atoms with van der Waals surface area (Å²) in [4.78, 5) is 11.1. The van der Waals surface area contributed by atoms with Crippen LogP contribution in [0, 0.1) is 12.3 Å². The molecular formula is C13H17ClO3. The van der Waals surface area contributed by atoms with Crippen LogP contribution in [0.4, 0.5) is 0 Å². The summed E-state index contributed by atoms with van der Waals surface area (Å²) in [5, 5.41) is 9.69. The number of carboxylic acid groups (broad SMARTS) is 1. The van der Waals surface area contributed by atoms with Gasteiger partial charge in [-0.1, -0.05) is 11.6 Å². The largest absolute Gasteiger partial charge is 0.496 e. The average molecular weight is 257 g/mol. The van der Waals surface area contributed by atoms with Crippen molar-refractivity contribution < 1.29 is 14.6 Å². The predicted molar refractivity (Wildman–Crippen MR) is 67.9 cm³/mol. The summed E-state index contributed by atoms with van der Waals surface area (Å²) in [7, 11) is 1.57. The fourth-order valence-corrected chi connectivity index (χ4v) is 1.84. The lowest BCUT2D eigenvalue weighted by Gasteiger charge is -2.20. The summed E-state index contributed by atoms with van der Waals surface area (Å²) in [5.41, 5.74) is 0.916. The monoisotopic (exact) mass is 256 g/mol. The fourth-order valence-electron chi connectivity index (χ4n) is 1.61. The van der Waals surface area contributed by atoms with Crippen molar-refractivity contribution in [2.45, 2.75) is 27.2 Å². The average Bonchev–Trinajstić information content (AvgIpc) is 2.22. The maximum absolute atomic E-state index is 11.1. The number of ether oxygens (including phenoxy) is 1.